The molecule has 3 rings (SSSR count). The van der Waals surface area contributed by atoms with E-state index in [0.717, 1.165) is 23.0 Å². The molecule has 28 heavy (non-hydrogen) atoms. The lowest BCUT2D eigenvalue weighted by Gasteiger charge is -2.08. The maximum atomic E-state index is 13.7. The van der Waals surface area contributed by atoms with Crippen molar-refractivity contribution in [2.24, 2.45) is 0 Å². The smallest absolute Gasteiger partial charge is 0.263 e. The van der Waals surface area contributed by atoms with Gasteiger partial charge in [0.25, 0.3) is 10.0 Å². The molecule has 0 bridgehead atoms. The number of benzene rings is 2. The van der Waals surface area contributed by atoms with Crippen LogP contribution >= 0.6 is 0 Å². The monoisotopic (exact) mass is 421 g/mol. The molecule has 0 saturated carbocycles. The third kappa shape index (κ3) is 3.81. The SMILES string of the molecule is O=S(=O)(Nc1ccn(Cc2c(F)c(F)cc(F)c2F)n1)c1ccc(F)c(F)c1. The van der Waals surface area contributed by atoms with E-state index >= 15 is 0 Å². The summed E-state index contributed by atoms with van der Waals surface area (Å²) in [6.45, 7) is -0.737. The quantitative estimate of drug-likeness (QED) is 0.506. The Morgan fingerprint density at radius 2 is 1.50 bits per heavy atom. The van der Waals surface area contributed by atoms with Crippen molar-refractivity contribution < 1.29 is 34.8 Å². The topological polar surface area (TPSA) is 64.0 Å². The Balaban J connectivity index is 1.84. The van der Waals surface area contributed by atoms with Gasteiger partial charge in [0.1, 0.15) is 0 Å². The summed E-state index contributed by atoms with van der Waals surface area (Å²) in [4.78, 5) is -0.592. The highest BCUT2D eigenvalue weighted by Crippen LogP contribution is 2.21. The summed E-state index contributed by atoms with van der Waals surface area (Å²) in [5, 5.41) is 3.68. The molecule has 3 aromatic rings. The molecule has 0 saturated heterocycles. The molecule has 5 nitrogen and oxygen atoms in total. The summed E-state index contributed by atoms with van der Waals surface area (Å²) in [6, 6.07) is 3.03. The molecule has 1 heterocycles. The van der Waals surface area contributed by atoms with E-state index in [1.807, 2.05) is 4.72 Å². The first-order valence-electron chi connectivity index (χ1n) is 7.41. The number of rotatable bonds is 5. The Kier molecular flexibility index (Phi) is 5.06. The second-order valence-corrected chi connectivity index (χ2v) is 7.21. The van der Waals surface area contributed by atoms with Gasteiger partial charge in [0.05, 0.1) is 17.0 Å². The van der Waals surface area contributed by atoms with Crippen LogP contribution in [0.5, 0.6) is 0 Å². The van der Waals surface area contributed by atoms with Crippen molar-refractivity contribution in [3.8, 4) is 0 Å². The highest BCUT2D eigenvalue weighted by molar-refractivity contribution is 7.92. The Bertz CT molecular complexity index is 1140. The van der Waals surface area contributed by atoms with Crippen LogP contribution in [-0.2, 0) is 16.6 Å². The summed E-state index contributed by atoms with van der Waals surface area (Å²) in [6.07, 6.45) is 1.09. The van der Waals surface area contributed by atoms with Gasteiger partial charge < -0.3 is 0 Å². The number of nitrogens with one attached hydrogen (secondary N) is 1. The van der Waals surface area contributed by atoms with E-state index in [1.54, 1.807) is 0 Å². The number of hydrogen-bond acceptors (Lipinski definition) is 3. The van der Waals surface area contributed by atoms with Crippen molar-refractivity contribution in [3.63, 3.8) is 0 Å². The summed E-state index contributed by atoms with van der Waals surface area (Å²) in [5.74, 6) is -9.37. The van der Waals surface area contributed by atoms with Crippen LogP contribution in [0, 0.1) is 34.9 Å². The van der Waals surface area contributed by atoms with Crippen LogP contribution in [0.3, 0.4) is 0 Å². The minimum atomic E-state index is -4.34. The molecule has 1 N–H and O–H groups in total. The van der Waals surface area contributed by atoms with Crippen molar-refractivity contribution in [2.45, 2.75) is 11.4 Å². The molecule has 148 valence electrons. The lowest BCUT2D eigenvalue weighted by Crippen LogP contribution is -2.14. The van der Waals surface area contributed by atoms with Gasteiger partial charge in [-0.05, 0) is 18.2 Å². The van der Waals surface area contributed by atoms with E-state index in [0.29, 0.717) is 12.1 Å². The van der Waals surface area contributed by atoms with E-state index in [9.17, 15) is 34.8 Å². The number of sulfonamides is 1. The molecule has 0 amide bonds. The van der Waals surface area contributed by atoms with Gasteiger partial charge in [-0.25, -0.2) is 34.8 Å². The molecule has 2 aromatic carbocycles. The standard InChI is InChI=1S/C16H9F6N3O2S/c17-10-2-1-8(5-11(10)18)28(26,27)24-14-3-4-25(23-14)7-9-15(21)12(19)6-13(20)16(9)22/h1-6H,7H2,(H,23,24). The molecule has 0 fully saturated rings. The lowest BCUT2D eigenvalue weighted by atomic mass is 10.2. The van der Waals surface area contributed by atoms with Crippen molar-refractivity contribution in [1.29, 1.82) is 0 Å². The third-order valence-electron chi connectivity index (χ3n) is 3.60. The number of aromatic nitrogens is 2. The Morgan fingerprint density at radius 1 is 0.857 bits per heavy atom. The predicted octanol–water partition coefficient (Wildman–Crippen LogP) is 3.57. The third-order valence-corrected chi connectivity index (χ3v) is 4.96. The van der Waals surface area contributed by atoms with Crippen LogP contribution in [-0.4, -0.2) is 18.2 Å². The number of halogens is 6. The molecule has 1 aromatic heterocycles. The van der Waals surface area contributed by atoms with E-state index in [2.05, 4.69) is 5.10 Å². The fourth-order valence-corrected chi connectivity index (χ4v) is 3.28. The van der Waals surface area contributed by atoms with Gasteiger partial charge >= 0.3 is 0 Å². The Hall–Kier alpha value is -3.02. The molecule has 0 aliphatic rings. The van der Waals surface area contributed by atoms with Crippen molar-refractivity contribution in [1.82, 2.24) is 9.78 Å². The average molecular weight is 421 g/mol. The average Bonchev–Trinajstić information content (AvgIpc) is 3.05. The summed E-state index contributed by atoms with van der Waals surface area (Å²) < 4.78 is 107. The zero-order valence-corrected chi connectivity index (χ0v) is 14.4. The van der Waals surface area contributed by atoms with E-state index < -0.39 is 61.9 Å². The first-order chi connectivity index (χ1) is 13.1. The molecule has 0 atom stereocenters. The van der Waals surface area contributed by atoms with Crippen molar-refractivity contribution in [3.05, 3.63) is 77.0 Å². The summed E-state index contributed by atoms with van der Waals surface area (Å²) >= 11 is 0. The largest absolute Gasteiger partial charge is 0.266 e. The number of nitrogens with zero attached hydrogens (tertiary/aromatic N) is 2. The molecule has 0 unspecified atom stereocenters. The lowest BCUT2D eigenvalue weighted by molar-refractivity contribution is 0.431. The molecule has 0 radical (unpaired) electrons. The minimum Gasteiger partial charge on any atom is -0.266 e. The van der Waals surface area contributed by atoms with Crippen LogP contribution < -0.4 is 4.72 Å². The van der Waals surface area contributed by atoms with E-state index in [1.165, 1.54) is 0 Å². The zero-order valence-electron chi connectivity index (χ0n) is 13.6. The van der Waals surface area contributed by atoms with E-state index in [4.69, 9.17) is 0 Å². The Morgan fingerprint density at radius 3 is 2.11 bits per heavy atom. The van der Waals surface area contributed by atoms with Crippen molar-refractivity contribution in [2.75, 3.05) is 4.72 Å². The summed E-state index contributed by atoms with van der Waals surface area (Å²) in [5.41, 5.74) is -0.949. The predicted molar refractivity (Wildman–Crippen MR) is 84.8 cm³/mol. The number of hydrogen-bond donors (Lipinski definition) is 1. The highest BCUT2D eigenvalue weighted by atomic mass is 32.2. The van der Waals surface area contributed by atoms with Gasteiger partial charge in [-0.2, -0.15) is 5.10 Å². The van der Waals surface area contributed by atoms with Gasteiger partial charge in [0.2, 0.25) is 0 Å². The van der Waals surface area contributed by atoms with Crippen LogP contribution in [0.1, 0.15) is 5.56 Å². The fraction of sp³-hybridized carbons (Fsp3) is 0.0625. The molecule has 0 spiro atoms. The Labute approximate surface area is 154 Å². The van der Waals surface area contributed by atoms with Gasteiger partial charge in [-0.15, -0.1) is 0 Å². The van der Waals surface area contributed by atoms with Crippen LogP contribution in [0.15, 0.2) is 41.4 Å². The summed E-state index contributed by atoms with van der Waals surface area (Å²) in [7, 11) is -4.34. The normalized spacial score (nSPS) is 11.6. The van der Waals surface area contributed by atoms with Crippen LogP contribution in [0.4, 0.5) is 32.2 Å². The molecule has 0 aliphatic heterocycles. The second kappa shape index (κ2) is 7.19. The molecular formula is C16H9F6N3O2S. The van der Waals surface area contributed by atoms with Gasteiger partial charge in [-0.1, -0.05) is 0 Å². The second-order valence-electron chi connectivity index (χ2n) is 5.53. The zero-order chi connectivity index (χ0) is 20.6. The maximum Gasteiger partial charge on any atom is 0.263 e. The van der Waals surface area contributed by atoms with Crippen LogP contribution in [0.2, 0.25) is 0 Å². The minimum absolute atomic E-state index is 0.0542. The maximum absolute atomic E-state index is 13.7. The first-order valence-corrected chi connectivity index (χ1v) is 8.90. The molecule has 0 aliphatic carbocycles. The molecular weight excluding hydrogens is 412 g/mol. The van der Waals surface area contributed by atoms with Crippen molar-refractivity contribution >= 4 is 15.8 Å². The fourth-order valence-electron chi connectivity index (χ4n) is 2.27. The first kappa shape index (κ1) is 19.7. The van der Waals surface area contributed by atoms with Crippen LogP contribution in [0.25, 0.3) is 0 Å². The van der Waals surface area contributed by atoms with Gasteiger partial charge in [-0.3, -0.25) is 9.40 Å². The van der Waals surface area contributed by atoms with E-state index in [-0.39, 0.29) is 11.9 Å². The number of anilines is 1. The molecule has 12 heteroatoms. The van der Waals surface area contributed by atoms with Gasteiger partial charge in [0, 0.05) is 18.3 Å². The van der Waals surface area contributed by atoms with Gasteiger partial charge in [0.15, 0.2) is 40.7 Å². The highest BCUT2D eigenvalue weighted by Gasteiger charge is 2.21.